The summed E-state index contributed by atoms with van der Waals surface area (Å²) < 4.78 is 12.6. The van der Waals surface area contributed by atoms with Crippen LogP contribution in [0.4, 0.5) is 5.82 Å². The van der Waals surface area contributed by atoms with E-state index in [9.17, 15) is 9.59 Å². The number of likely N-dealkylation sites (tertiary alicyclic amines) is 1. The predicted octanol–water partition coefficient (Wildman–Crippen LogP) is 2.12. The van der Waals surface area contributed by atoms with Crippen LogP contribution in [0.15, 0.2) is 34.6 Å². The van der Waals surface area contributed by atoms with Gasteiger partial charge in [0.05, 0.1) is 19.1 Å². The van der Waals surface area contributed by atoms with Crippen LogP contribution in [0.1, 0.15) is 19.3 Å². The second-order valence-corrected chi connectivity index (χ2v) is 7.90. The van der Waals surface area contributed by atoms with Crippen LogP contribution in [0.2, 0.25) is 0 Å². The first-order chi connectivity index (χ1) is 15.0. The van der Waals surface area contributed by atoms with Crippen LogP contribution in [-0.2, 0) is 16.1 Å². The Kier molecular flexibility index (Phi) is 5.94. The van der Waals surface area contributed by atoms with Crippen molar-refractivity contribution in [1.29, 1.82) is 0 Å². The molecule has 10 nitrogen and oxygen atoms in total. The number of nitrogen functional groups attached to an aromatic ring is 1. The summed E-state index contributed by atoms with van der Waals surface area (Å²) in [6, 6.07) is 5.47. The minimum Gasteiger partial charge on any atom is -0.497 e. The third kappa shape index (κ3) is 4.13. The minimum absolute atomic E-state index is 0.154. The maximum absolute atomic E-state index is 12.2. The van der Waals surface area contributed by atoms with Crippen LogP contribution in [-0.4, -0.2) is 57.0 Å². The van der Waals surface area contributed by atoms with Gasteiger partial charge in [-0.1, -0.05) is 0 Å². The van der Waals surface area contributed by atoms with Crippen LogP contribution < -0.4 is 15.2 Å². The van der Waals surface area contributed by atoms with E-state index in [4.69, 9.17) is 15.2 Å². The lowest BCUT2D eigenvalue weighted by atomic mass is 10.1. The van der Waals surface area contributed by atoms with Crippen molar-refractivity contribution in [2.45, 2.75) is 35.9 Å². The van der Waals surface area contributed by atoms with Crippen molar-refractivity contribution in [3.63, 3.8) is 0 Å². The average molecular weight is 443 g/mol. The van der Waals surface area contributed by atoms with Crippen LogP contribution in [0.3, 0.4) is 0 Å². The summed E-state index contributed by atoms with van der Waals surface area (Å²) in [6.07, 6.45) is 2.73. The van der Waals surface area contributed by atoms with Crippen molar-refractivity contribution in [3.05, 3.63) is 24.5 Å². The Morgan fingerprint density at radius 3 is 2.58 bits per heavy atom. The number of imide groups is 1. The highest BCUT2D eigenvalue weighted by Crippen LogP contribution is 2.38. The Bertz CT molecular complexity index is 1130. The Morgan fingerprint density at radius 2 is 1.87 bits per heavy atom. The van der Waals surface area contributed by atoms with E-state index in [1.54, 1.807) is 14.2 Å². The quantitative estimate of drug-likeness (QED) is 0.548. The highest BCUT2D eigenvalue weighted by Gasteiger charge is 2.26. The molecule has 4 rings (SSSR count). The number of carbonyl (C=O) groups excluding carboxylic acids is 2. The van der Waals surface area contributed by atoms with Gasteiger partial charge < -0.3 is 19.8 Å². The van der Waals surface area contributed by atoms with Crippen LogP contribution in [0, 0.1) is 0 Å². The zero-order valence-electron chi connectivity index (χ0n) is 17.2. The number of fused-ring (bicyclic) bond motifs is 1. The molecule has 2 amide bonds. The van der Waals surface area contributed by atoms with Gasteiger partial charge in [0.25, 0.3) is 0 Å². The van der Waals surface area contributed by atoms with Crippen molar-refractivity contribution in [1.82, 2.24) is 24.4 Å². The number of nitrogens with zero attached hydrogens (tertiary/aromatic N) is 5. The molecule has 1 fully saturated rings. The number of hydrogen-bond donors (Lipinski definition) is 1. The first-order valence-electron chi connectivity index (χ1n) is 9.71. The van der Waals surface area contributed by atoms with E-state index in [-0.39, 0.29) is 24.2 Å². The predicted molar refractivity (Wildman–Crippen MR) is 114 cm³/mol. The molecule has 1 saturated heterocycles. The third-order valence-electron chi connectivity index (χ3n) is 5.03. The van der Waals surface area contributed by atoms with Crippen molar-refractivity contribution in [2.24, 2.45) is 0 Å². The van der Waals surface area contributed by atoms with Gasteiger partial charge in [0.15, 0.2) is 22.1 Å². The Labute approximate surface area is 182 Å². The number of imidazole rings is 1. The number of amides is 2. The lowest BCUT2D eigenvalue weighted by Crippen LogP contribution is -2.41. The largest absolute Gasteiger partial charge is 0.497 e. The van der Waals surface area contributed by atoms with Gasteiger partial charge >= 0.3 is 0 Å². The lowest BCUT2D eigenvalue weighted by molar-refractivity contribution is -0.148. The molecule has 3 heterocycles. The van der Waals surface area contributed by atoms with Gasteiger partial charge in [0, 0.05) is 25.9 Å². The number of benzene rings is 1. The standard InChI is InChI=1S/C20H22N6O4S/c1-29-12-6-7-13(30-2)14(10-12)31-20-24-17-18(21)22-11-23-19(17)26(20)9-8-25-15(27)4-3-5-16(25)28/h6-7,10-11H,3-5,8-9H2,1-2H3,(H2,21,22,23). The van der Waals surface area contributed by atoms with Crippen LogP contribution in [0.25, 0.3) is 11.2 Å². The highest BCUT2D eigenvalue weighted by molar-refractivity contribution is 7.99. The number of nitrogens with two attached hydrogens (primary N) is 1. The highest BCUT2D eigenvalue weighted by atomic mass is 32.2. The summed E-state index contributed by atoms with van der Waals surface area (Å²) in [5, 5.41) is 0.589. The summed E-state index contributed by atoms with van der Waals surface area (Å²) in [6.45, 7) is 0.564. The molecule has 1 aromatic carbocycles. The Morgan fingerprint density at radius 1 is 1.10 bits per heavy atom. The normalized spacial score (nSPS) is 14.3. The first-order valence-corrected chi connectivity index (χ1v) is 10.5. The number of carbonyl (C=O) groups is 2. The SMILES string of the molecule is COc1ccc(OC)c(Sc2nc3c(N)ncnc3n2CCN2C(=O)CCCC2=O)c1. The molecule has 0 radical (unpaired) electrons. The molecule has 2 aromatic heterocycles. The molecule has 0 atom stereocenters. The second kappa shape index (κ2) is 8.80. The fraction of sp³-hybridized carbons (Fsp3) is 0.350. The maximum atomic E-state index is 12.2. The van der Waals surface area contributed by atoms with Crippen molar-refractivity contribution in [2.75, 3.05) is 26.5 Å². The van der Waals surface area contributed by atoms with Gasteiger partial charge in [-0.05, 0) is 36.4 Å². The minimum atomic E-state index is -0.154. The fourth-order valence-corrected chi connectivity index (χ4v) is 4.47. The molecule has 11 heteroatoms. The van der Waals surface area contributed by atoms with Gasteiger partial charge in [-0.15, -0.1) is 0 Å². The molecule has 3 aromatic rings. The molecule has 2 N–H and O–H groups in total. The summed E-state index contributed by atoms with van der Waals surface area (Å²) in [4.78, 5) is 39.5. The van der Waals surface area contributed by atoms with Gasteiger partial charge in [-0.2, -0.15) is 0 Å². The first kappa shape index (κ1) is 20.9. The summed E-state index contributed by atoms with van der Waals surface area (Å²) in [5.74, 6) is 1.28. The molecule has 1 aliphatic rings. The Balaban J connectivity index is 1.71. The number of methoxy groups -OCH3 is 2. The van der Waals surface area contributed by atoms with E-state index in [0.717, 1.165) is 4.90 Å². The molecule has 31 heavy (non-hydrogen) atoms. The van der Waals surface area contributed by atoms with E-state index in [1.807, 2.05) is 22.8 Å². The van der Waals surface area contributed by atoms with E-state index in [0.29, 0.717) is 53.6 Å². The van der Waals surface area contributed by atoms with Crippen molar-refractivity contribution in [3.8, 4) is 11.5 Å². The molecule has 162 valence electrons. The summed E-state index contributed by atoms with van der Waals surface area (Å²) in [7, 11) is 3.18. The third-order valence-corrected chi connectivity index (χ3v) is 6.06. The number of rotatable bonds is 7. The van der Waals surface area contributed by atoms with Crippen molar-refractivity contribution >= 4 is 40.6 Å². The van der Waals surface area contributed by atoms with Gasteiger partial charge in [-0.3, -0.25) is 14.5 Å². The number of piperidine rings is 1. The number of hydrogen-bond acceptors (Lipinski definition) is 9. The monoisotopic (exact) mass is 442 g/mol. The van der Waals surface area contributed by atoms with Crippen LogP contribution >= 0.6 is 11.8 Å². The van der Waals surface area contributed by atoms with Crippen LogP contribution in [0.5, 0.6) is 11.5 Å². The van der Waals surface area contributed by atoms with E-state index < -0.39 is 0 Å². The fourth-order valence-electron chi connectivity index (χ4n) is 3.42. The number of anilines is 1. The van der Waals surface area contributed by atoms with Gasteiger partial charge in [0.2, 0.25) is 11.8 Å². The second-order valence-electron chi connectivity index (χ2n) is 6.89. The number of aromatic nitrogens is 4. The topological polar surface area (TPSA) is 125 Å². The molecule has 0 saturated carbocycles. The molecule has 0 bridgehead atoms. The van der Waals surface area contributed by atoms with Gasteiger partial charge in [-0.25, -0.2) is 15.0 Å². The van der Waals surface area contributed by atoms with E-state index >= 15 is 0 Å². The van der Waals surface area contributed by atoms with Crippen molar-refractivity contribution < 1.29 is 19.1 Å². The molecular formula is C20H22N6O4S. The number of ether oxygens (including phenoxy) is 2. The summed E-state index contributed by atoms with van der Waals surface area (Å²) in [5.41, 5.74) is 7.01. The van der Waals surface area contributed by atoms with E-state index in [2.05, 4.69) is 15.0 Å². The Hall–Kier alpha value is -3.34. The van der Waals surface area contributed by atoms with Gasteiger partial charge in [0.1, 0.15) is 17.8 Å². The zero-order chi connectivity index (χ0) is 22.0. The molecule has 1 aliphatic heterocycles. The molecule has 0 spiro atoms. The zero-order valence-corrected chi connectivity index (χ0v) is 18.0. The smallest absolute Gasteiger partial charge is 0.229 e. The lowest BCUT2D eigenvalue weighted by Gasteiger charge is -2.25. The average Bonchev–Trinajstić information content (AvgIpc) is 3.12. The summed E-state index contributed by atoms with van der Waals surface area (Å²) >= 11 is 1.35. The van der Waals surface area contributed by atoms with E-state index in [1.165, 1.54) is 23.0 Å². The molecular weight excluding hydrogens is 420 g/mol. The maximum Gasteiger partial charge on any atom is 0.229 e. The molecule has 0 unspecified atom stereocenters. The molecule has 0 aliphatic carbocycles.